The fourth-order valence-electron chi connectivity index (χ4n) is 2.09. The fourth-order valence-corrected chi connectivity index (χ4v) is 2.65. The number of sulfone groups is 1. The molecule has 0 radical (unpaired) electrons. The fraction of sp³-hybridized carbons (Fsp3) is 0.0625. The number of amides is 1. The van der Waals surface area contributed by atoms with Crippen molar-refractivity contribution in [2.24, 2.45) is 0 Å². The number of para-hydroxylation sites is 1. The topological polar surface area (TPSA) is 106 Å². The molecule has 0 bridgehead atoms. The first-order valence-electron chi connectivity index (χ1n) is 6.85. The van der Waals surface area contributed by atoms with Crippen LogP contribution in [0, 0.1) is 0 Å². The van der Waals surface area contributed by atoms with Crippen LogP contribution in [0.3, 0.4) is 0 Å². The Kier molecular flexibility index (Phi) is 3.90. The monoisotopic (exact) mass is 344 g/mol. The Hall–Kier alpha value is -3.00. The Morgan fingerprint density at radius 2 is 1.92 bits per heavy atom. The second kappa shape index (κ2) is 5.89. The third-order valence-electron chi connectivity index (χ3n) is 3.26. The molecule has 2 heterocycles. The van der Waals surface area contributed by atoms with Gasteiger partial charge in [0.15, 0.2) is 14.9 Å². The van der Waals surface area contributed by atoms with Crippen LogP contribution >= 0.6 is 0 Å². The summed E-state index contributed by atoms with van der Waals surface area (Å²) in [5.74, 6) is -0.664. The van der Waals surface area contributed by atoms with Gasteiger partial charge in [-0.15, -0.1) is 0 Å². The summed E-state index contributed by atoms with van der Waals surface area (Å²) in [6, 6.07) is 10.9. The van der Waals surface area contributed by atoms with E-state index in [1.54, 1.807) is 24.3 Å². The number of benzene rings is 1. The summed E-state index contributed by atoms with van der Waals surface area (Å²) >= 11 is 0. The standard InChI is InChI=1S/C16H12N2O5S/c1-24(21,22)14-7-6-11(9-17-14)18-15(19)12-8-10-4-2-3-5-13(10)23-16(12)20/h2-9H,1H3,(H,18,19). The zero-order valence-corrected chi connectivity index (χ0v) is 13.3. The van der Waals surface area contributed by atoms with Crippen molar-refractivity contribution in [1.29, 1.82) is 0 Å². The second-order valence-electron chi connectivity index (χ2n) is 5.10. The molecule has 0 atom stereocenters. The van der Waals surface area contributed by atoms with Crippen LogP contribution in [0.15, 0.2) is 62.9 Å². The summed E-state index contributed by atoms with van der Waals surface area (Å²) in [5.41, 5.74) is -0.258. The Morgan fingerprint density at radius 3 is 2.58 bits per heavy atom. The molecule has 0 fully saturated rings. The number of fused-ring (bicyclic) bond motifs is 1. The van der Waals surface area contributed by atoms with E-state index in [-0.39, 0.29) is 16.3 Å². The summed E-state index contributed by atoms with van der Waals surface area (Å²) in [7, 11) is -3.42. The van der Waals surface area contributed by atoms with E-state index in [4.69, 9.17) is 4.42 Å². The Labute approximate surface area is 136 Å². The molecule has 0 unspecified atom stereocenters. The average Bonchev–Trinajstić information content (AvgIpc) is 2.53. The number of anilines is 1. The second-order valence-corrected chi connectivity index (χ2v) is 7.06. The van der Waals surface area contributed by atoms with E-state index in [0.717, 1.165) is 6.26 Å². The number of nitrogens with zero attached hydrogens (tertiary/aromatic N) is 1. The highest BCUT2D eigenvalue weighted by Gasteiger charge is 2.15. The highest BCUT2D eigenvalue weighted by atomic mass is 32.2. The third kappa shape index (κ3) is 3.18. The number of hydrogen-bond acceptors (Lipinski definition) is 6. The van der Waals surface area contributed by atoms with E-state index in [1.165, 1.54) is 24.4 Å². The molecular formula is C16H12N2O5S. The summed E-state index contributed by atoms with van der Waals surface area (Å²) < 4.78 is 27.8. The van der Waals surface area contributed by atoms with Gasteiger partial charge in [-0.3, -0.25) is 4.79 Å². The number of hydrogen-bond donors (Lipinski definition) is 1. The van der Waals surface area contributed by atoms with E-state index in [1.807, 2.05) is 0 Å². The maximum Gasteiger partial charge on any atom is 0.349 e. The van der Waals surface area contributed by atoms with Crippen molar-refractivity contribution in [3.63, 3.8) is 0 Å². The van der Waals surface area contributed by atoms with Crippen LogP contribution in [0.1, 0.15) is 10.4 Å². The van der Waals surface area contributed by atoms with Crippen LogP contribution in [0.2, 0.25) is 0 Å². The lowest BCUT2D eigenvalue weighted by Crippen LogP contribution is -2.20. The van der Waals surface area contributed by atoms with Gasteiger partial charge in [0, 0.05) is 11.6 Å². The molecule has 0 aliphatic rings. The minimum Gasteiger partial charge on any atom is -0.422 e. The Bertz CT molecular complexity index is 1090. The van der Waals surface area contributed by atoms with Crippen molar-refractivity contribution in [2.45, 2.75) is 5.03 Å². The molecule has 0 spiro atoms. The molecule has 3 rings (SSSR count). The van der Waals surface area contributed by atoms with E-state index < -0.39 is 21.4 Å². The van der Waals surface area contributed by atoms with Gasteiger partial charge in [-0.2, -0.15) is 0 Å². The van der Waals surface area contributed by atoms with Gasteiger partial charge in [0.1, 0.15) is 11.1 Å². The quantitative estimate of drug-likeness (QED) is 0.727. The highest BCUT2D eigenvalue weighted by Crippen LogP contribution is 2.15. The van der Waals surface area contributed by atoms with Crippen LogP contribution in [-0.2, 0) is 9.84 Å². The van der Waals surface area contributed by atoms with E-state index >= 15 is 0 Å². The Morgan fingerprint density at radius 1 is 1.17 bits per heavy atom. The number of nitrogens with one attached hydrogen (secondary N) is 1. The molecular weight excluding hydrogens is 332 g/mol. The van der Waals surface area contributed by atoms with Crippen LogP contribution in [-0.4, -0.2) is 25.6 Å². The molecule has 1 amide bonds. The van der Waals surface area contributed by atoms with Crippen LogP contribution in [0.25, 0.3) is 11.0 Å². The number of carbonyl (C=O) groups is 1. The molecule has 2 aromatic heterocycles. The van der Waals surface area contributed by atoms with Gasteiger partial charge < -0.3 is 9.73 Å². The molecule has 7 nitrogen and oxygen atoms in total. The average molecular weight is 344 g/mol. The molecule has 1 N–H and O–H groups in total. The summed E-state index contributed by atoms with van der Waals surface area (Å²) in [6.45, 7) is 0. The first kappa shape index (κ1) is 15.9. The number of aromatic nitrogens is 1. The minimum atomic E-state index is -3.42. The van der Waals surface area contributed by atoms with Crippen molar-refractivity contribution in [1.82, 2.24) is 4.98 Å². The molecule has 0 saturated carbocycles. The molecule has 24 heavy (non-hydrogen) atoms. The number of rotatable bonds is 3. The van der Waals surface area contributed by atoms with Gasteiger partial charge in [-0.05, 0) is 24.3 Å². The first-order valence-corrected chi connectivity index (χ1v) is 8.74. The molecule has 8 heteroatoms. The molecule has 0 aliphatic heterocycles. The van der Waals surface area contributed by atoms with Crippen LogP contribution < -0.4 is 10.9 Å². The van der Waals surface area contributed by atoms with Gasteiger partial charge in [-0.1, -0.05) is 18.2 Å². The summed E-state index contributed by atoms with van der Waals surface area (Å²) in [6.07, 6.45) is 2.24. The summed E-state index contributed by atoms with van der Waals surface area (Å²) in [4.78, 5) is 27.9. The predicted molar refractivity (Wildman–Crippen MR) is 87.8 cm³/mol. The smallest absolute Gasteiger partial charge is 0.349 e. The van der Waals surface area contributed by atoms with Crippen molar-refractivity contribution >= 4 is 32.4 Å². The van der Waals surface area contributed by atoms with Gasteiger partial charge in [0.05, 0.1) is 11.9 Å². The number of pyridine rings is 1. The third-order valence-corrected chi connectivity index (χ3v) is 4.26. The largest absolute Gasteiger partial charge is 0.422 e. The molecule has 3 aromatic rings. The lowest BCUT2D eigenvalue weighted by atomic mass is 10.2. The van der Waals surface area contributed by atoms with Crippen molar-refractivity contribution in [2.75, 3.05) is 11.6 Å². The van der Waals surface area contributed by atoms with Crippen molar-refractivity contribution < 1.29 is 17.6 Å². The SMILES string of the molecule is CS(=O)(=O)c1ccc(NC(=O)c2cc3ccccc3oc2=O)cn1. The van der Waals surface area contributed by atoms with Gasteiger partial charge in [0.25, 0.3) is 5.91 Å². The van der Waals surface area contributed by atoms with Crippen molar-refractivity contribution in [3.05, 3.63) is 64.6 Å². The minimum absolute atomic E-state index is 0.106. The molecule has 0 saturated heterocycles. The molecule has 1 aromatic carbocycles. The lowest BCUT2D eigenvalue weighted by molar-refractivity contribution is 0.102. The Balaban J connectivity index is 1.90. The van der Waals surface area contributed by atoms with Crippen molar-refractivity contribution in [3.8, 4) is 0 Å². The zero-order chi connectivity index (χ0) is 17.3. The van der Waals surface area contributed by atoms with Gasteiger partial charge in [-0.25, -0.2) is 18.2 Å². The maximum atomic E-state index is 12.2. The molecule has 122 valence electrons. The van der Waals surface area contributed by atoms with E-state index in [9.17, 15) is 18.0 Å². The lowest BCUT2D eigenvalue weighted by Gasteiger charge is -2.05. The van der Waals surface area contributed by atoms with Crippen LogP contribution in [0.5, 0.6) is 0 Å². The van der Waals surface area contributed by atoms with Gasteiger partial charge in [0.2, 0.25) is 0 Å². The normalized spacial score (nSPS) is 11.4. The maximum absolute atomic E-state index is 12.2. The number of carbonyl (C=O) groups excluding carboxylic acids is 1. The van der Waals surface area contributed by atoms with E-state index in [2.05, 4.69) is 10.3 Å². The van der Waals surface area contributed by atoms with E-state index in [0.29, 0.717) is 11.0 Å². The van der Waals surface area contributed by atoms with Gasteiger partial charge >= 0.3 is 5.63 Å². The zero-order valence-electron chi connectivity index (χ0n) is 12.5. The molecule has 0 aliphatic carbocycles. The first-order chi connectivity index (χ1) is 11.3. The highest BCUT2D eigenvalue weighted by molar-refractivity contribution is 7.90. The summed E-state index contributed by atoms with van der Waals surface area (Å²) in [5, 5.41) is 3.00. The van der Waals surface area contributed by atoms with Crippen LogP contribution in [0.4, 0.5) is 5.69 Å². The predicted octanol–water partition coefficient (Wildman–Crippen LogP) is 1.84.